The Bertz CT molecular complexity index is 787. The highest BCUT2D eigenvalue weighted by Gasteiger charge is 2.22. The summed E-state index contributed by atoms with van der Waals surface area (Å²) in [4.78, 5) is 16.4. The van der Waals surface area contributed by atoms with E-state index in [2.05, 4.69) is 20.2 Å². The summed E-state index contributed by atoms with van der Waals surface area (Å²) in [5.74, 6) is 0.532. The maximum absolute atomic E-state index is 12.3. The van der Waals surface area contributed by atoms with E-state index in [1.165, 1.54) is 18.4 Å². The summed E-state index contributed by atoms with van der Waals surface area (Å²) in [5.41, 5.74) is 3.41. The van der Waals surface area contributed by atoms with E-state index in [9.17, 15) is 4.79 Å². The zero-order chi connectivity index (χ0) is 17.2. The van der Waals surface area contributed by atoms with Gasteiger partial charge in [-0.25, -0.2) is 4.68 Å². The summed E-state index contributed by atoms with van der Waals surface area (Å²) in [6.45, 7) is 3.70. The smallest absolute Gasteiger partial charge is 0.267 e. The van der Waals surface area contributed by atoms with Crippen LogP contribution in [0, 0.1) is 5.92 Å². The van der Waals surface area contributed by atoms with Gasteiger partial charge >= 0.3 is 0 Å². The quantitative estimate of drug-likeness (QED) is 0.834. The third-order valence-corrected chi connectivity index (χ3v) is 5.44. The Morgan fingerprint density at radius 1 is 1.16 bits per heavy atom. The molecule has 25 heavy (non-hydrogen) atoms. The molecule has 0 aromatic carbocycles. The fraction of sp³-hybridized carbons (Fsp3) is 0.667. The fourth-order valence-corrected chi connectivity index (χ4v) is 3.99. The summed E-state index contributed by atoms with van der Waals surface area (Å²) in [5, 5.41) is 13.1. The largest absolute Gasteiger partial charge is 0.297 e. The molecule has 0 bridgehead atoms. The first kappa shape index (κ1) is 16.4. The van der Waals surface area contributed by atoms with Crippen LogP contribution in [0.25, 0.3) is 0 Å². The molecule has 7 nitrogen and oxygen atoms in total. The standard InChI is InChI=1S/C18H26N6O/c1-22-19-11-16(20-22)13-23-8-6-14(7-9-23)12-24-18(25)10-15-4-2-3-5-17(15)21-24/h10-11,14H,2-9,12-13H2,1H3. The summed E-state index contributed by atoms with van der Waals surface area (Å²) < 4.78 is 1.72. The molecule has 1 fully saturated rings. The molecular formula is C18H26N6O. The molecule has 0 spiro atoms. The average Bonchev–Trinajstić information content (AvgIpc) is 3.02. The second-order valence-corrected chi connectivity index (χ2v) is 7.39. The highest BCUT2D eigenvalue weighted by Crippen LogP contribution is 2.21. The molecule has 2 aliphatic rings. The van der Waals surface area contributed by atoms with E-state index in [1.807, 2.05) is 19.3 Å². The van der Waals surface area contributed by atoms with Crippen LogP contribution in [0.15, 0.2) is 17.1 Å². The van der Waals surface area contributed by atoms with Gasteiger partial charge in [0.1, 0.15) is 0 Å². The molecule has 0 atom stereocenters. The van der Waals surface area contributed by atoms with Gasteiger partial charge in [0.2, 0.25) is 0 Å². The van der Waals surface area contributed by atoms with Crippen molar-refractivity contribution < 1.29 is 0 Å². The van der Waals surface area contributed by atoms with Crippen molar-refractivity contribution in [1.29, 1.82) is 0 Å². The molecule has 0 radical (unpaired) electrons. The number of aryl methyl sites for hydroxylation is 3. The summed E-state index contributed by atoms with van der Waals surface area (Å²) in [6.07, 6.45) is 8.45. The van der Waals surface area contributed by atoms with Gasteiger partial charge < -0.3 is 0 Å². The molecule has 2 aromatic heterocycles. The third-order valence-electron chi connectivity index (χ3n) is 5.44. The fourth-order valence-electron chi connectivity index (χ4n) is 3.99. The number of hydrogen-bond acceptors (Lipinski definition) is 5. The van der Waals surface area contributed by atoms with E-state index in [4.69, 9.17) is 0 Å². The third kappa shape index (κ3) is 3.81. The molecule has 0 amide bonds. The van der Waals surface area contributed by atoms with Crippen LogP contribution in [0.5, 0.6) is 0 Å². The predicted octanol–water partition coefficient (Wildman–Crippen LogP) is 1.16. The summed E-state index contributed by atoms with van der Waals surface area (Å²) >= 11 is 0. The number of fused-ring (bicyclic) bond motifs is 1. The van der Waals surface area contributed by atoms with Crippen LogP contribution in [-0.2, 0) is 33.0 Å². The van der Waals surface area contributed by atoms with E-state index in [1.54, 1.807) is 9.48 Å². The minimum absolute atomic E-state index is 0.0719. The SMILES string of the molecule is Cn1ncc(CN2CCC(Cn3nc4c(cc3=O)CCCC4)CC2)n1. The highest BCUT2D eigenvalue weighted by molar-refractivity contribution is 5.20. The van der Waals surface area contributed by atoms with Crippen molar-refractivity contribution in [1.82, 2.24) is 29.7 Å². The maximum Gasteiger partial charge on any atom is 0.267 e. The van der Waals surface area contributed by atoms with Crippen molar-refractivity contribution in [2.75, 3.05) is 13.1 Å². The lowest BCUT2D eigenvalue weighted by atomic mass is 9.96. The molecule has 1 aliphatic heterocycles. The second-order valence-electron chi connectivity index (χ2n) is 7.39. The molecule has 2 aromatic rings. The normalized spacial score (nSPS) is 19.1. The van der Waals surface area contributed by atoms with Crippen molar-refractivity contribution in [3.05, 3.63) is 39.6 Å². The molecule has 1 aliphatic carbocycles. The van der Waals surface area contributed by atoms with Gasteiger partial charge in [-0.3, -0.25) is 9.69 Å². The zero-order valence-corrected chi connectivity index (χ0v) is 14.9. The number of rotatable bonds is 4. The summed E-state index contributed by atoms with van der Waals surface area (Å²) in [6, 6.07) is 1.82. The van der Waals surface area contributed by atoms with Crippen molar-refractivity contribution in [2.24, 2.45) is 13.0 Å². The maximum atomic E-state index is 12.3. The van der Waals surface area contributed by atoms with Crippen LogP contribution in [0.4, 0.5) is 0 Å². The average molecular weight is 342 g/mol. The van der Waals surface area contributed by atoms with E-state index in [0.717, 1.165) is 63.3 Å². The van der Waals surface area contributed by atoms with Gasteiger partial charge in [0.25, 0.3) is 5.56 Å². The first-order chi connectivity index (χ1) is 12.2. The first-order valence-electron chi connectivity index (χ1n) is 9.35. The summed E-state index contributed by atoms with van der Waals surface area (Å²) in [7, 11) is 1.85. The lowest BCUT2D eigenvalue weighted by Crippen LogP contribution is -2.37. The van der Waals surface area contributed by atoms with E-state index >= 15 is 0 Å². The number of piperidine rings is 1. The predicted molar refractivity (Wildman–Crippen MR) is 94.1 cm³/mol. The van der Waals surface area contributed by atoms with Crippen molar-refractivity contribution in [3.63, 3.8) is 0 Å². The highest BCUT2D eigenvalue weighted by atomic mass is 16.1. The Morgan fingerprint density at radius 3 is 2.72 bits per heavy atom. The van der Waals surface area contributed by atoms with Gasteiger partial charge in [0.15, 0.2) is 0 Å². The van der Waals surface area contributed by atoms with Gasteiger partial charge in [-0.05, 0) is 63.1 Å². The van der Waals surface area contributed by atoms with Crippen molar-refractivity contribution >= 4 is 0 Å². The molecule has 1 saturated heterocycles. The minimum Gasteiger partial charge on any atom is -0.297 e. The van der Waals surface area contributed by atoms with Crippen LogP contribution in [-0.4, -0.2) is 42.8 Å². The van der Waals surface area contributed by atoms with Crippen LogP contribution >= 0.6 is 0 Å². The molecule has 0 N–H and O–H groups in total. The number of hydrogen-bond donors (Lipinski definition) is 0. The Hall–Kier alpha value is -2.02. The molecule has 0 unspecified atom stereocenters. The van der Waals surface area contributed by atoms with E-state index in [-0.39, 0.29) is 5.56 Å². The Labute approximate surface area is 147 Å². The number of nitrogens with zero attached hydrogens (tertiary/aromatic N) is 6. The van der Waals surface area contributed by atoms with Crippen LogP contribution in [0.3, 0.4) is 0 Å². The van der Waals surface area contributed by atoms with E-state index in [0.29, 0.717) is 5.92 Å². The van der Waals surface area contributed by atoms with Gasteiger partial charge in [-0.15, -0.1) is 0 Å². The van der Waals surface area contributed by atoms with Crippen LogP contribution in [0.1, 0.15) is 42.6 Å². The topological polar surface area (TPSA) is 68.8 Å². The number of aromatic nitrogens is 5. The lowest BCUT2D eigenvalue weighted by Gasteiger charge is -2.31. The molecule has 4 rings (SSSR count). The molecule has 134 valence electrons. The van der Waals surface area contributed by atoms with E-state index < -0.39 is 0 Å². The van der Waals surface area contributed by atoms with Gasteiger partial charge in [-0.2, -0.15) is 20.1 Å². The molecule has 0 saturated carbocycles. The van der Waals surface area contributed by atoms with Crippen molar-refractivity contribution in [3.8, 4) is 0 Å². The molecule has 7 heteroatoms. The van der Waals surface area contributed by atoms with Gasteiger partial charge in [-0.1, -0.05) is 0 Å². The van der Waals surface area contributed by atoms with Crippen LogP contribution in [0.2, 0.25) is 0 Å². The first-order valence-corrected chi connectivity index (χ1v) is 9.35. The molecular weight excluding hydrogens is 316 g/mol. The number of likely N-dealkylation sites (tertiary alicyclic amines) is 1. The minimum atomic E-state index is 0.0719. The second kappa shape index (κ2) is 7.07. The lowest BCUT2D eigenvalue weighted by molar-refractivity contribution is 0.161. The van der Waals surface area contributed by atoms with Crippen LogP contribution < -0.4 is 5.56 Å². The zero-order valence-electron chi connectivity index (χ0n) is 14.9. The Balaban J connectivity index is 1.35. The monoisotopic (exact) mass is 342 g/mol. The Morgan fingerprint density at radius 2 is 1.96 bits per heavy atom. The van der Waals surface area contributed by atoms with Gasteiger partial charge in [0.05, 0.1) is 17.6 Å². The van der Waals surface area contributed by atoms with Crippen molar-refractivity contribution in [2.45, 2.75) is 51.6 Å². The van der Waals surface area contributed by atoms with Gasteiger partial charge in [0, 0.05) is 26.2 Å². The molecule has 3 heterocycles. The Kier molecular flexibility index (Phi) is 4.65.